The summed E-state index contributed by atoms with van der Waals surface area (Å²) in [7, 11) is 1.94. The van der Waals surface area contributed by atoms with E-state index in [4.69, 9.17) is 5.84 Å². The van der Waals surface area contributed by atoms with Crippen LogP contribution in [0.25, 0.3) is 5.84 Å². The Labute approximate surface area is 87.2 Å². The molecule has 3 nitrogen and oxygen atoms in total. The molecule has 0 aromatic heterocycles. The van der Waals surface area contributed by atoms with E-state index in [1.165, 1.54) is 25.7 Å². The Kier molecular flexibility index (Phi) is 2.82. The Morgan fingerprint density at radius 2 is 2.00 bits per heavy atom. The molecule has 14 heavy (non-hydrogen) atoms. The van der Waals surface area contributed by atoms with Crippen molar-refractivity contribution >= 4 is 0 Å². The first kappa shape index (κ1) is 10.4. The zero-order valence-corrected chi connectivity index (χ0v) is 9.59. The van der Waals surface area contributed by atoms with Crippen LogP contribution in [0, 0.1) is 11.8 Å². The monoisotopic (exact) mass is 197 g/mol. The highest BCUT2D eigenvalue weighted by Gasteiger charge is 2.41. The van der Waals surface area contributed by atoms with E-state index >= 15 is 0 Å². The molecule has 2 fully saturated rings. The Morgan fingerprint density at radius 1 is 1.36 bits per heavy atom. The van der Waals surface area contributed by atoms with E-state index in [0.29, 0.717) is 12.1 Å². The highest BCUT2D eigenvalue weighted by Crippen LogP contribution is 2.43. The summed E-state index contributed by atoms with van der Waals surface area (Å²) in [6.07, 6.45) is 5.35. The van der Waals surface area contributed by atoms with E-state index in [9.17, 15) is 0 Å². The molecular weight excluding hydrogens is 174 g/mol. The third-order valence-electron chi connectivity index (χ3n) is 4.02. The lowest BCUT2D eigenvalue weighted by Gasteiger charge is -2.35. The van der Waals surface area contributed by atoms with Crippen LogP contribution >= 0.6 is 0 Å². The van der Waals surface area contributed by atoms with Crippen LogP contribution in [0.1, 0.15) is 39.5 Å². The first-order chi connectivity index (χ1) is 6.59. The predicted molar refractivity (Wildman–Crippen MR) is 57.4 cm³/mol. The van der Waals surface area contributed by atoms with Gasteiger partial charge in [-0.2, -0.15) is 5.01 Å². The summed E-state index contributed by atoms with van der Waals surface area (Å²) < 4.78 is 0. The van der Waals surface area contributed by atoms with E-state index in [2.05, 4.69) is 18.9 Å². The first-order valence-corrected chi connectivity index (χ1v) is 5.93. The van der Waals surface area contributed by atoms with Crippen molar-refractivity contribution in [1.82, 2.24) is 5.01 Å². The van der Waals surface area contributed by atoms with Crippen molar-refractivity contribution in [3.63, 3.8) is 0 Å². The lowest BCUT2D eigenvalue weighted by molar-refractivity contribution is -0.961. The fourth-order valence-electron chi connectivity index (χ4n) is 2.98. The molecule has 0 spiro atoms. The van der Waals surface area contributed by atoms with Crippen molar-refractivity contribution in [2.45, 2.75) is 51.6 Å². The Hall–Kier alpha value is -0.120. The summed E-state index contributed by atoms with van der Waals surface area (Å²) in [5.41, 5.74) is 0. The third-order valence-corrected chi connectivity index (χ3v) is 4.02. The molecule has 5 atom stereocenters. The van der Waals surface area contributed by atoms with Gasteiger partial charge in [-0.15, -0.1) is 0 Å². The fourth-order valence-corrected chi connectivity index (χ4v) is 2.98. The largest absolute Gasteiger partial charge is 0.449 e. The molecule has 1 saturated heterocycles. The van der Waals surface area contributed by atoms with Gasteiger partial charge in [-0.25, -0.2) is 0 Å². The molecule has 2 rings (SSSR count). The molecule has 1 aliphatic carbocycles. The van der Waals surface area contributed by atoms with Gasteiger partial charge in [-0.1, -0.05) is 6.92 Å². The van der Waals surface area contributed by atoms with E-state index in [1.807, 2.05) is 7.05 Å². The van der Waals surface area contributed by atoms with Gasteiger partial charge >= 0.3 is 0 Å². The van der Waals surface area contributed by atoms with Crippen molar-refractivity contribution < 1.29 is 5.12 Å². The van der Waals surface area contributed by atoms with Gasteiger partial charge < -0.3 is 11.0 Å². The second-order valence-electron chi connectivity index (χ2n) is 5.28. The second kappa shape index (κ2) is 3.80. The van der Waals surface area contributed by atoms with E-state index in [-0.39, 0.29) is 0 Å². The summed E-state index contributed by atoms with van der Waals surface area (Å²) >= 11 is 0. The minimum absolute atomic E-state index is 0.603. The number of hydrogen-bond donors (Lipinski definition) is 1. The lowest BCUT2D eigenvalue weighted by atomic mass is 10.1. The summed E-state index contributed by atoms with van der Waals surface area (Å²) in [4.78, 5) is 0. The normalized spacial score (nSPS) is 45.4. The minimum atomic E-state index is 0.603. The molecule has 82 valence electrons. The second-order valence-corrected chi connectivity index (χ2v) is 5.28. The van der Waals surface area contributed by atoms with Crippen LogP contribution in [-0.4, -0.2) is 24.1 Å². The number of nitrogens with one attached hydrogen (secondary N) is 2. The molecular formula is C11H23N3. The number of rotatable bonds is 3. The van der Waals surface area contributed by atoms with Crippen LogP contribution in [0.15, 0.2) is 0 Å². The summed E-state index contributed by atoms with van der Waals surface area (Å²) in [6.45, 7) is 4.61. The summed E-state index contributed by atoms with van der Waals surface area (Å²) in [5.74, 6) is 9.72. The highest BCUT2D eigenvalue weighted by molar-refractivity contribution is 4.89. The van der Waals surface area contributed by atoms with Crippen LogP contribution in [-0.2, 0) is 0 Å². The topological polar surface area (TPSA) is 31.5 Å². The molecule has 1 aliphatic heterocycles. The molecule has 0 aromatic carbocycles. The zero-order valence-electron chi connectivity index (χ0n) is 9.59. The average molecular weight is 197 g/mol. The molecule has 4 unspecified atom stereocenters. The number of nitrogens with zero attached hydrogens (tertiary/aromatic N) is 1. The van der Waals surface area contributed by atoms with Crippen molar-refractivity contribution in [3.8, 4) is 0 Å². The number of hydrogen-bond acceptors (Lipinski definition) is 1. The summed E-state index contributed by atoms with van der Waals surface area (Å²) in [6, 6.07) is 1.28. The number of quaternary nitrogens is 1. The molecule has 1 saturated carbocycles. The van der Waals surface area contributed by atoms with Crippen molar-refractivity contribution in [2.75, 3.05) is 7.05 Å². The van der Waals surface area contributed by atoms with E-state index < -0.39 is 0 Å². The minimum Gasteiger partial charge on any atom is -0.449 e. The van der Waals surface area contributed by atoms with Gasteiger partial charge in [0, 0.05) is 0 Å². The van der Waals surface area contributed by atoms with Gasteiger partial charge in [0.15, 0.2) is 0 Å². The zero-order chi connectivity index (χ0) is 10.3. The van der Waals surface area contributed by atoms with Crippen LogP contribution in [0.2, 0.25) is 0 Å². The third kappa shape index (κ3) is 1.95. The Balaban J connectivity index is 1.90. The summed E-state index contributed by atoms with van der Waals surface area (Å²) in [5, 5.41) is 3.11. The van der Waals surface area contributed by atoms with Crippen LogP contribution in [0.3, 0.4) is 0 Å². The Bertz CT molecular complexity index is 205. The van der Waals surface area contributed by atoms with Crippen LogP contribution < -0.4 is 5.12 Å². The van der Waals surface area contributed by atoms with E-state index in [0.717, 1.165) is 17.0 Å². The average Bonchev–Trinajstić information content (AvgIpc) is 2.62. The molecule has 2 aliphatic rings. The molecule has 2 N–H and O–H groups in total. The van der Waals surface area contributed by atoms with Crippen molar-refractivity contribution in [1.29, 1.82) is 0 Å². The standard InChI is InChI=1S/C11H23N3/c1-8-6-10(8)7-11-5-4-9(2)14(11)13(3)12/h8-13H,4-7H2,1-3H3/t8?,9-,10?,11?/m1/s1. The fraction of sp³-hybridized carbons (Fsp3) is 1.00. The van der Waals surface area contributed by atoms with Gasteiger partial charge in [0.25, 0.3) is 0 Å². The molecule has 0 radical (unpaired) electrons. The molecule has 0 aromatic rings. The molecule has 1 heterocycles. The first-order valence-electron chi connectivity index (χ1n) is 5.93. The SMILES string of the molecule is CC1CC1CC1CC[C@@H](C)N1[NH+](C)[NH-]. The van der Waals surface area contributed by atoms with Gasteiger partial charge in [-0.05, 0) is 44.4 Å². The Morgan fingerprint density at radius 3 is 2.50 bits per heavy atom. The quantitative estimate of drug-likeness (QED) is 0.679. The maximum Gasteiger partial charge on any atom is 0.0751 e. The van der Waals surface area contributed by atoms with Gasteiger partial charge in [0.05, 0.1) is 19.1 Å². The van der Waals surface area contributed by atoms with Crippen molar-refractivity contribution in [3.05, 3.63) is 5.84 Å². The van der Waals surface area contributed by atoms with Gasteiger partial charge in [0.2, 0.25) is 0 Å². The van der Waals surface area contributed by atoms with Crippen LogP contribution in [0.5, 0.6) is 0 Å². The predicted octanol–water partition coefficient (Wildman–Crippen LogP) is 1.28. The highest BCUT2D eigenvalue weighted by atomic mass is 15.8. The van der Waals surface area contributed by atoms with E-state index in [1.54, 1.807) is 0 Å². The maximum absolute atomic E-state index is 7.79. The van der Waals surface area contributed by atoms with Gasteiger partial charge in [-0.3, -0.25) is 0 Å². The smallest absolute Gasteiger partial charge is 0.0751 e. The lowest BCUT2D eigenvalue weighted by Crippen LogP contribution is -3.11. The molecule has 0 bridgehead atoms. The maximum atomic E-state index is 7.79. The molecule has 0 amide bonds. The molecule has 3 heteroatoms. The van der Waals surface area contributed by atoms with Gasteiger partial charge in [0.1, 0.15) is 0 Å². The van der Waals surface area contributed by atoms with Crippen LogP contribution in [0.4, 0.5) is 0 Å². The van der Waals surface area contributed by atoms with Crippen molar-refractivity contribution in [2.24, 2.45) is 11.8 Å².